The summed E-state index contributed by atoms with van der Waals surface area (Å²) in [7, 11) is 0. The topological polar surface area (TPSA) is 67.6 Å². The molecule has 4 heteroatoms. The predicted octanol–water partition coefficient (Wildman–Crippen LogP) is 1.36. The van der Waals surface area contributed by atoms with E-state index in [1.807, 2.05) is 31.5 Å². The Morgan fingerprint density at radius 3 is 3.00 bits per heavy atom. The number of nitrogens with two attached hydrogens (primary N) is 1. The van der Waals surface area contributed by atoms with Crippen LogP contribution in [0.4, 0.5) is 0 Å². The van der Waals surface area contributed by atoms with Gasteiger partial charge in [-0.25, -0.2) is 4.98 Å². The molecule has 0 aliphatic rings. The normalized spacial score (nSPS) is 12.7. The summed E-state index contributed by atoms with van der Waals surface area (Å²) in [6.07, 6.45) is 6.14. The molecule has 2 heterocycles. The van der Waals surface area contributed by atoms with E-state index in [0.29, 0.717) is 0 Å². The highest BCUT2D eigenvalue weighted by atomic mass is 14.9. The van der Waals surface area contributed by atoms with Crippen LogP contribution in [0.5, 0.6) is 0 Å². The molecule has 0 aliphatic heterocycles. The minimum absolute atomic E-state index is 0.123. The molecule has 2 aromatic heterocycles. The third-order valence-corrected chi connectivity index (χ3v) is 2.12. The molecule has 0 bridgehead atoms. The summed E-state index contributed by atoms with van der Waals surface area (Å²) < 4.78 is 0. The fourth-order valence-corrected chi connectivity index (χ4v) is 1.44. The molecule has 2 rings (SSSR count). The van der Waals surface area contributed by atoms with E-state index in [1.165, 1.54) is 0 Å². The summed E-state index contributed by atoms with van der Waals surface area (Å²) in [4.78, 5) is 11.6. The second kappa shape index (κ2) is 4.23. The number of rotatable bonds is 3. The van der Waals surface area contributed by atoms with Gasteiger partial charge in [-0.15, -0.1) is 0 Å². The summed E-state index contributed by atoms with van der Waals surface area (Å²) in [5, 5.41) is 0. The van der Waals surface area contributed by atoms with E-state index in [9.17, 15) is 0 Å². The van der Waals surface area contributed by atoms with Crippen LogP contribution in [-0.2, 0) is 6.42 Å². The van der Waals surface area contributed by atoms with Crippen LogP contribution in [0.15, 0.2) is 30.7 Å². The Bertz CT molecular complexity index is 419. The lowest BCUT2D eigenvalue weighted by Crippen LogP contribution is -2.18. The van der Waals surface area contributed by atoms with Gasteiger partial charge in [0.05, 0.1) is 11.9 Å². The van der Waals surface area contributed by atoms with Gasteiger partial charge in [0.15, 0.2) is 0 Å². The summed E-state index contributed by atoms with van der Waals surface area (Å²) >= 11 is 0. The van der Waals surface area contributed by atoms with E-state index >= 15 is 0 Å². The highest BCUT2D eigenvalue weighted by molar-refractivity contribution is 5.56. The van der Waals surface area contributed by atoms with Crippen molar-refractivity contribution in [1.29, 1.82) is 0 Å². The number of hydrogen-bond acceptors (Lipinski definition) is 3. The molecule has 1 unspecified atom stereocenters. The molecule has 0 spiro atoms. The maximum absolute atomic E-state index is 5.70. The van der Waals surface area contributed by atoms with Crippen LogP contribution in [0.3, 0.4) is 0 Å². The van der Waals surface area contributed by atoms with Crippen molar-refractivity contribution in [3.63, 3.8) is 0 Å². The third kappa shape index (κ3) is 2.41. The first-order valence-electron chi connectivity index (χ1n) is 4.95. The average Bonchev–Trinajstić information content (AvgIpc) is 2.67. The summed E-state index contributed by atoms with van der Waals surface area (Å²) in [6.45, 7) is 1.96. The molecule has 0 amide bonds. The van der Waals surface area contributed by atoms with Crippen molar-refractivity contribution in [2.24, 2.45) is 5.73 Å². The van der Waals surface area contributed by atoms with Crippen molar-refractivity contribution >= 4 is 0 Å². The van der Waals surface area contributed by atoms with Crippen LogP contribution in [0.1, 0.15) is 12.7 Å². The molecule has 0 saturated heterocycles. The SMILES string of the molecule is CC(N)Cc1ncc(-c2cccnc2)[nH]1. The minimum Gasteiger partial charge on any atom is -0.342 e. The second-order valence-corrected chi connectivity index (χ2v) is 3.67. The van der Waals surface area contributed by atoms with Crippen LogP contribution in [0.2, 0.25) is 0 Å². The van der Waals surface area contributed by atoms with Crippen molar-refractivity contribution in [2.75, 3.05) is 0 Å². The Morgan fingerprint density at radius 1 is 1.47 bits per heavy atom. The Balaban J connectivity index is 2.21. The van der Waals surface area contributed by atoms with Crippen LogP contribution in [0, 0.1) is 0 Å². The van der Waals surface area contributed by atoms with Gasteiger partial charge in [0.25, 0.3) is 0 Å². The van der Waals surface area contributed by atoms with Crippen LogP contribution in [-0.4, -0.2) is 21.0 Å². The van der Waals surface area contributed by atoms with Gasteiger partial charge in [-0.05, 0) is 19.1 Å². The van der Waals surface area contributed by atoms with E-state index in [2.05, 4.69) is 15.0 Å². The number of H-pyrrole nitrogens is 1. The Labute approximate surface area is 88.6 Å². The van der Waals surface area contributed by atoms with Gasteiger partial charge in [0, 0.05) is 30.4 Å². The highest BCUT2D eigenvalue weighted by Gasteiger charge is 2.04. The molecular formula is C11H14N4. The number of nitrogens with one attached hydrogen (secondary N) is 1. The monoisotopic (exact) mass is 202 g/mol. The quantitative estimate of drug-likeness (QED) is 0.789. The first-order chi connectivity index (χ1) is 7.25. The fraction of sp³-hybridized carbons (Fsp3) is 0.273. The molecule has 0 aromatic carbocycles. The van der Waals surface area contributed by atoms with Gasteiger partial charge in [-0.2, -0.15) is 0 Å². The van der Waals surface area contributed by atoms with Crippen molar-refractivity contribution in [1.82, 2.24) is 15.0 Å². The molecular weight excluding hydrogens is 188 g/mol. The van der Waals surface area contributed by atoms with Crippen LogP contribution in [0.25, 0.3) is 11.3 Å². The zero-order valence-corrected chi connectivity index (χ0v) is 8.64. The van der Waals surface area contributed by atoms with Crippen molar-refractivity contribution in [3.05, 3.63) is 36.5 Å². The lowest BCUT2D eigenvalue weighted by molar-refractivity contribution is 0.710. The van der Waals surface area contributed by atoms with E-state index in [4.69, 9.17) is 5.73 Å². The van der Waals surface area contributed by atoms with Crippen molar-refractivity contribution in [3.8, 4) is 11.3 Å². The predicted molar refractivity (Wildman–Crippen MR) is 59.2 cm³/mol. The van der Waals surface area contributed by atoms with E-state index in [1.54, 1.807) is 6.20 Å². The van der Waals surface area contributed by atoms with Gasteiger partial charge in [-0.3, -0.25) is 4.98 Å². The van der Waals surface area contributed by atoms with Gasteiger partial charge in [0.1, 0.15) is 5.82 Å². The molecule has 0 fully saturated rings. The standard InChI is InChI=1S/C11H14N4/c1-8(12)5-11-14-7-10(15-11)9-3-2-4-13-6-9/h2-4,6-8H,5,12H2,1H3,(H,14,15). The van der Waals surface area contributed by atoms with E-state index in [-0.39, 0.29) is 6.04 Å². The molecule has 78 valence electrons. The molecule has 3 N–H and O–H groups in total. The average molecular weight is 202 g/mol. The highest BCUT2D eigenvalue weighted by Crippen LogP contribution is 2.15. The number of hydrogen-bond donors (Lipinski definition) is 2. The second-order valence-electron chi connectivity index (χ2n) is 3.67. The fourth-order valence-electron chi connectivity index (χ4n) is 1.44. The number of aromatic nitrogens is 3. The smallest absolute Gasteiger partial charge is 0.108 e. The minimum atomic E-state index is 0.123. The maximum atomic E-state index is 5.70. The zero-order valence-electron chi connectivity index (χ0n) is 8.64. The summed E-state index contributed by atoms with van der Waals surface area (Å²) in [6, 6.07) is 4.02. The Kier molecular flexibility index (Phi) is 2.78. The van der Waals surface area contributed by atoms with Crippen LogP contribution >= 0.6 is 0 Å². The Hall–Kier alpha value is -1.68. The molecule has 0 radical (unpaired) electrons. The van der Waals surface area contributed by atoms with Crippen molar-refractivity contribution < 1.29 is 0 Å². The molecule has 15 heavy (non-hydrogen) atoms. The number of nitrogens with zero attached hydrogens (tertiary/aromatic N) is 2. The summed E-state index contributed by atoms with van der Waals surface area (Å²) in [5.74, 6) is 0.920. The lowest BCUT2D eigenvalue weighted by atomic mass is 10.2. The van der Waals surface area contributed by atoms with Gasteiger partial charge < -0.3 is 10.7 Å². The molecule has 1 atom stereocenters. The van der Waals surface area contributed by atoms with E-state index < -0.39 is 0 Å². The maximum Gasteiger partial charge on any atom is 0.108 e. The number of imidazole rings is 1. The van der Waals surface area contributed by atoms with Gasteiger partial charge >= 0.3 is 0 Å². The lowest BCUT2D eigenvalue weighted by Gasteiger charge is -2.00. The largest absolute Gasteiger partial charge is 0.342 e. The first kappa shape index (κ1) is 9.86. The number of aromatic amines is 1. The first-order valence-corrected chi connectivity index (χ1v) is 4.95. The third-order valence-electron chi connectivity index (χ3n) is 2.12. The molecule has 0 aliphatic carbocycles. The number of pyridine rings is 1. The van der Waals surface area contributed by atoms with Crippen LogP contribution < -0.4 is 5.73 Å². The molecule has 2 aromatic rings. The summed E-state index contributed by atoms with van der Waals surface area (Å²) in [5.41, 5.74) is 7.73. The zero-order chi connectivity index (χ0) is 10.7. The van der Waals surface area contributed by atoms with Gasteiger partial charge in [-0.1, -0.05) is 0 Å². The van der Waals surface area contributed by atoms with E-state index in [0.717, 1.165) is 23.5 Å². The molecule has 0 saturated carbocycles. The Morgan fingerprint density at radius 2 is 2.33 bits per heavy atom. The van der Waals surface area contributed by atoms with Crippen molar-refractivity contribution in [2.45, 2.75) is 19.4 Å². The van der Waals surface area contributed by atoms with Gasteiger partial charge in [0.2, 0.25) is 0 Å². The molecule has 4 nitrogen and oxygen atoms in total.